The molecule has 0 aliphatic carbocycles. The average molecular weight is 299 g/mol. The van der Waals surface area contributed by atoms with Crippen molar-refractivity contribution in [3.05, 3.63) is 47.3 Å². The van der Waals surface area contributed by atoms with E-state index < -0.39 is 0 Å². The molecular weight excluding hydrogens is 282 g/mol. The fraction of sp³-hybridized carbons (Fsp3) is 0.312. The first-order chi connectivity index (χ1) is 10.6. The topological polar surface area (TPSA) is 75.4 Å². The number of amides is 2. The molecule has 2 aromatic rings. The molecule has 1 saturated heterocycles. The summed E-state index contributed by atoms with van der Waals surface area (Å²) in [6.07, 6.45) is 1.50. The molecule has 1 aliphatic heterocycles. The smallest absolute Gasteiger partial charge is 0.290 e. The van der Waals surface area contributed by atoms with Gasteiger partial charge >= 0.3 is 0 Å². The third kappa shape index (κ3) is 3.00. The molecule has 3 rings (SSSR count). The van der Waals surface area contributed by atoms with Crippen LogP contribution in [0.3, 0.4) is 0 Å². The van der Waals surface area contributed by atoms with Gasteiger partial charge in [-0.05, 0) is 31.0 Å². The van der Waals surface area contributed by atoms with Crippen molar-refractivity contribution in [3.63, 3.8) is 0 Å². The Hall–Kier alpha value is -2.63. The highest BCUT2D eigenvalue weighted by molar-refractivity contribution is 5.95. The molecule has 1 fully saturated rings. The van der Waals surface area contributed by atoms with Crippen molar-refractivity contribution < 1.29 is 14.1 Å². The van der Waals surface area contributed by atoms with Crippen LogP contribution in [0.25, 0.3) is 0 Å². The molecule has 0 atom stereocenters. The quantitative estimate of drug-likeness (QED) is 0.937. The van der Waals surface area contributed by atoms with Crippen LogP contribution in [0.15, 0.2) is 34.9 Å². The van der Waals surface area contributed by atoms with Crippen molar-refractivity contribution in [2.75, 3.05) is 11.4 Å². The van der Waals surface area contributed by atoms with Gasteiger partial charge in [-0.2, -0.15) is 0 Å². The molecule has 22 heavy (non-hydrogen) atoms. The number of nitrogens with zero attached hydrogens (tertiary/aromatic N) is 2. The van der Waals surface area contributed by atoms with Crippen molar-refractivity contribution in [1.29, 1.82) is 0 Å². The number of rotatable bonds is 4. The van der Waals surface area contributed by atoms with E-state index in [2.05, 4.69) is 10.5 Å². The zero-order valence-electron chi connectivity index (χ0n) is 12.3. The molecule has 1 aromatic heterocycles. The van der Waals surface area contributed by atoms with Gasteiger partial charge in [-0.25, -0.2) is 0 Å². The molecule has 0 saturated carbocycles. The van der Waals surface area contributed by atoms with Crippen LogP contribution in [-0.2, 0) is 11.3 Å². The van der Waals surface area contributed by atoms with Gasteiger partial charge in [-0.1, -0.05) is 17.3 Å². The van der Waals surface area contributed by atoms with E-state index in [9.17, 15) is 9.59 Å². The van der Waals surface area contributed by atoms with Crippen molar-refractivity contribution >= 4 is 17.5 Å². The Kier molecular flexibility index (Phi) is 3.91. The van der Waals surface area contributed by atoms with Crippen molar-refractivity contribution in [3.8, 4) is 0 Å². The van der Waals surface area contributed by atoms with Crippen LogP contribution in [-0.4, -0.2) is 23.5 Å². The number of anilines is 1. The van der Waals surface area contributed by atoms with E-state index in [1.165, 1.54) is 0 Å². The number of aromatic nitrogens is 1. The van der Waals surface area contributed by atoms with Gasteiger partial charge in [0.1, 0.15) is 0 Å². The van der Waals surface area contributed by atoms with E-state index in [1.54, 1.807) is 17.9 Å². The summed E-state index contributed by atoms with van der Waals surface area (Å²) in [5, 5.41) is 6.47. The number of benzene rings is 1. The summed E-state index contributed by atoms with van der Waals surface area (Å²) in [7, 11) is 0. The first-order valence-corrected chi connectivity index (χ1v) is 7.24. The second-order valence-electron chi connectivity index (χ2n) is 5.33. The molecule has 1 N–H and O–H groups in total. The minimum Gasteiger partial charge on any atom is -0.351 e. The molecule has 1 aromatic carbocycles. The number of hydrogen-bond donors (Lipinski definition) is 1. The summed E-state index contributed by atoms with van der Waals surface area (Å²) in [6, 6.07) is 9.23. The van der Waals surface area contributed by atoms with E-state index in [4.69, 9.17) is 4.52 Å². The molecule has 1 aliphatic rings. The molecular formula is C16H17N3O3. The minimum absolute atomic E-state index is 0.151. The van der Waals surface area contributed by atoms with Crippen LogP contribution in [0.5, 0.6) is 0 Å². The van der Waals surface area contributed by atoms with E-state index in [-0.39, 0.29) is 17.6 Å². The lowest BCUT2D eigenvalue weighted by Gasteiger charge is -2.16. The summed E-state index contributed by atoms with van der Waals surface area (Å²) < 4.78 is 4.92. The molecule has 0 unspecified atom stereocenters. The third-order valence-electron chi connectivity index (χ3n) is 3.60. The number of nitrogens with one attached hydrogen (secondary N) is 1. The fourth-order valence-corrected chi connectivity index (χ4v) is 2.50. The van der Waals surface area contributed by atoms with Gasteiger partial charge in [0.2, 0.25) is 11.7 Å². The minimum atomic E-state index is -0.303. The van der Waals surface area contributed by atoms with Crippen molar-refractivity contribution in [1.82, 2.24) is 10.5 Å². The van der Waals surface area contributed by atoms with Gasteiger partial charge in [0.15, 0.2) is 0 Å². The van der Waals surface area contributed by atoms with Crippen LogP contribution < -0.4 is 10.2 Å². The van der Waals surface area contributed by atoms with Gasteiger partial charge in [-0.3, -0.25) is 9.59 Å². The molecule has 2 heterocycles. The molecule has 2 amide bonds. The van der Waals surface area contributed by atoms with Gasteiger partial charge in [0.25, 0.3) is 5.91 Å². The maximum absolute atomic E-state index is 11.9. The first-order valence-electron chi connectivity index (χ1n) is 7.24. The Balaban J connectivity index is 1.65. The van der Waals surface area contributed by atoms with Crippen molar-refractivity contribution in [2.45, 2.75) is 26.3 Å². The van der Waals surface area contributed by atoms with E-state index >= 15 is 0 Å². The lowest BCUT2D eigenvalue weighted by Crippen LogP contribution is -2.25. The number of hydrogen-bond acceptors (Lipinski definition) is 4. The molecule has 6 heteroatoms. The second-order valence-corrected chi connectivity index (χ2v) is 5.33. The van der Waals surface area contributed by atoms with Gasteiger partial charge in [0, 0.05) is 31.3 Å². The Morgan fingerprint density at radius 1 is 1.41 bits per heavy atom. The maximum Gasteiger partial charge on any atom is 0.290 e. The fourth-order valence-electron chi connectivity index (χ4n) is 2.50. The van der Waals surface area contributed by atoms with Gasteiger partial charge < -0.3 is 14.7 Å². The monoisotopic (exact) mass is 299 g/mol. The van der Waals surface area contributed by atoms with Crippen molar-refractivity contribution in [2.24, 2.45) is 0 Å². The molecule has 114 valence electrons. The van der Waals surface area contributed by atoms with E-state index in [0.29, 0.717) is 18.7 Å². The van der Waals surface area contributed by atoms with Gasteiger partial charge in [0.05, 0.1) is 5.69 Å². The Morgan fingerprint density at radius 2 is 2.27 bits per heavy atom. The van der Waals surface area contributed by atoms with Crippen LogP contribution >= 0.6 is 0 Å². The average Bonchev–Trinajstić information content (AvgIpc) is 3.13. The van der Waals surface area contributed by atoms with E-state index in [1.807, 2.05) is 24.3 Å². The highest BCUT2D eigenvalue weighted by Crippen LogP contribution is 2.22. The summed E-state index contributed by atoms with van der Waals surface area (Å²) >= 11 is 0. The summed E-state index contributed by atoms with van der Waals surface area (Å²) in [4.78, 5) is 25.5. The van der Waals surface area contributed by atoms with Gasteiger partial charge in [-0.15, -0.1) is 0 Å². The Morgan fingerprint density at radius 3 is 2.95 bits per heavy atom. The predicted molar refractivity (Wildman–Crippen MR) is 80.4 cm³/mol. The third-order valence-corrected chi connectivity index (χ3v) is 3.60. The number of carbonyl (C=O) groups excluding carboxylic acids is 2. The van der Waals surface area contributed by atoms with E-state index in [0.717, 1.165) is 24.2 Å². The molecule has 0 bridgehead atoms. The largest absolute Gasteiger partial charge is 0.351 e. The predicted octanol–water partition coefficient (Wildman–Crippen LogP) is 2.04. The van der Waals surface area contributed by atoms with Crippen LogP contribution in [0, 0.1) is 6.92 Å². The zero-order valence-corrected chi connectivity index (χ0v) is 12.3. The molecule has 0 radical (unpaired) electrons. The Labute approximate surface area is 128 Å². The lowest BCUT2D eigenvalue weighted by atomic mass is 10.2. The molecule has 6 nitrogen and oxygen atoms in total. The lowest BCUT2D eigenvalue weighted by molar-refractivity contribution is -0.117. The van der Waals surface area contributed by atoms with Crippen LogP contribution in [0.1, 0.15) is 34.7 Å². The van der Waals surface area contributed by atoms with Crippen LogP contribution in [0.2, 0.25) is 0 Å². The highest BCUT2D eigenvalue weighted by atomic mass is 16.5. The SMILES string of the molecule is Cc1cc(C(=O)NCc2cccc(N3CCCC3=O)c2)on1. The van der Waals surface area contributed by atoms with Crippen LogP contribution in [0.4, 0.5) is 5.69 Å². The summed E-state index contributed by atoms with van der Waals surface area (Å²) in [6.45, 7) is 2.89. The maximum atomic E-state index is 11.9. The second kappa shape index (κ2) is 6.01. The molecule has 0 spiro atoms. The Bertz CT molecular complexity index is 708. The zero-order chi connectivity index (χ0) is 15.5. The number of aryl methyl sites for hydroxylation is 1. The highest BCUT2D eigenvalue weighted by Gasteiger charge is 2.21. The summed E-state index contributed by atoms with van der Waals surface area (Å²) in [5.41, 5.74) is 2.48. The number of carbonyl (C=O) groups is 2. The first kappa shape index (κ1) is 14.3. The normalized spacial score (nSPS) is 14.4. The summed E-state index contributed by atoms with van der Waals surface area (Å²) in [5.74, 6) is 0.0462. The standard InChI is InChI=1S/C16H17N3O3/c1-11-8-14(22-18-11)16(21)17-10-12-4-2-5-13(9-12)19-7-3-6-15(19)20/h2,4-5,8-9H,3,6-7,10H2,1H3,(H,17,21).